The van der Waals surface area contributed by atoms with Crippen LogP contribution in [0.5, 0.6) is 0 Å². The lowest BCUT2D eigenvalue weighted by Crippen LogP contribution is -2.36. The SMILES string of the molecule is CC(C(=O)Nc1cc([C@H]2CC[C@@H](OC(=O)NC3(C)CC3)C2)[nH]n1)c1ccc(N2CCCC2=O)cc1C(F)(F)F. The zero-order valence-electron chi connectivity index (χ0n) is 21.9. The largest absolute Gasteiger partial charge is 0.446 e. The van der Waals surface area contributed by atoms with Gasteiger partial charge in [-0.1, -0.05) is 6.07 Å². The maximum Gasteiger partial charge on any atom is 0.416 e. The fourth-order valence-electron chi connectivity index (χ4n) is 5.31. The van der Waals surface area contributed by atoms with E-state index in [0.717, 1.165) is 31.0 Å². The molecule has 1 unspecified atom stereocenters. The van der Waals surface area contributed by atoms with Crippen LogP contribution in [-0.4, -0.2) is 46.3 Å². The first-order chi connectivity index (χ1) is 18.4. The number of carbonyl (C=O) groups is 3. The van der Waals surface area contributed by atoms with Crippen LogP contribution >= 0.6 is 0 Å². The fraction of sp³-hybridized carbons (Fsp3) is 0.556. The first kappa shape index (κ1) is 27.0. The standard InChI is InChI=1S/C27H32F3N5O4/c1-15(19-8-6-17(13-20(19)27(28,29)30)35-11-3-4-23(35)36)24(37)31-22-14-21(33-34-22)16-5-7-18(12-16)39-25(38)32-26(2)9-10-26/h6,8,13-16,18H,3-5,7,9-12H2,1-2H3,(H,32,38)(H2,31,33,34,37)/t15?,16-,18+/m0/s1. The molecule has 0 bridgehead atoms. The topological polar surface area (TPSA) is 116 Å². The highest BCUT2D eigenvalue weighted by atomic mass is 19.4. The summed E-state index contributed by atoms with van der Waals surface area (Å²) in [6.07, 6.45) is -0.477. The van der Waals surface area contributed by atoms with Gasteiger partial charge in [-0.15, -0.1) is 0 Å². The van der Waals surface area contributed by atoms with E-state index in [0.29, 0.717) is 32.2 Å². The molecule has 39 heavy (non-hydrogen) atoms. The molecule has 12 heteroatoms. The predicted molar refractivity (Wildman–Crippen MR) is 136 cm³/mol. The third-order valence-electron chi connectivity index (χ3n) is 7.94. The highest BCUT2D eigenvalue weighted by Gasteiger charge is 2.40. The highest BCUT2D eigenvalue weighted by molar-refractivity contribution is 5.97. The van der Waals surface area contributed by atoms with Crippen molar-refractivity contribution < 1.29 is 32.3 Å². The number of alkyl carbamates (subject to hydrolysis) is 1. The number of anilines is 2. The molecule has 3 fully saturated rings. The molecule has 1 aromatic carbocycles. The van der Waals surface area contributed by atoms with E-state index in [1.807, 2.05) is 6.92 Å². The van der Waals surface area contributed by atoms with Crippen LogP contribution in [0.2, 0.25) is 0 Å². The second-order valence-electron chi connectivity index (χ2n) is 11.1. The molecule has 2 aliphatic carbocycles. The molecule has 3 amide bonds. The summed E-state index contributed by atoms with van der Waals surface area (Å²) in [6.45, 7) is 3.75. The Kier molecular flexibility index (Phi) is 7.06. The second kappa shape index (κ2) is 10.2. The summed E-state index contributed by atoms with van der Waals surface area (Å²) in [4.78, 5) is 38.4. The van der Waals surface area contributed by atoms with E-state index < -0.39 is 29.7 Å². The molecule has 0 radical (unpaired) electrons. The van der Waals surface area contributed by atoms with Crippen LogP contribution in [-0.2, 0) is 20.5 Å². The minimum atomic E-state index is -4.70. The Hall–Kier alpha value is -3.57. The lowest BCUT2D eigenvalue weighted by molar-refractivity contribution is -0.138. The number of H-pyrrole nitrogens is 1. The zero-order chi connectivity index (χ0) is 27.9. The van der Waals surface area contributed by atoms with Crippen LogP contribution in [0, 0.1) is 0 Å². The fourth-order valence-corrected chi connectivity index (χ4v) is 5.31. The molecule has 2 heterocycles. The molecule has 210 valence electrons. The lowest BCUT2D eigenvalue weighted by Gasteiger charge is -2.22. The van der Waals surface area contributed by atoms with Crippen molar-refractivity contribution >= 4 is 29.4 Å². The number of ether oxygens (including phenoxy) is 1. The van der Waals surface area contributed by atoms with Crippen molar-refractivity contribution in [1.82, 2.24) is 15.5 Å². The van der Waals surface area contributed by atoms with Gasteiger partial charge >= 0.3 is 12.3 Å². The van der Waals surface area contributed by atoms with E-state index in [1.54, 1.807) is 6.07 Å². The smallest absolute Gasteiger partial charge is 0.416 e. The van der Waals surface area contributed by atoms with Crippen molar-refractivity contribution in [3.63, 3.8) is 0 Å². The number of hydrogen-bond donors (Lipinski definition) is 3. The maximum atomic E-state index is 13.9. The average Bonchev–Trinajstić information content (AvgIpc) is 3.28. The third-order valence-corrected chi connectivity index (χ3v) is 7.94. The molecular formula is C27H32F3N5O4. The number of carbonyl (C=O) groups excluding carboxylic acids is 3. The number of benzene rings is 1. The summed E-state index contributed by atoms with van der Waals surface area (Å²) in [5.74, 6) is -1.72. The van der Waals surface area contributed by atoms with Crippen LogP contribution in [0.4, 0.5) is 29.5 Å². The summed E-state index contributed by atoms with van der Waals surface area (Å²) >= 11 is 0. The number of hydrogen-bond acceptors (Lipinski definition) is 5. The lowest BCUT2D eigenvalue weighted by atomic mass is 9.93. The molecule has 3 N–H and O–H groups in total. The van der Waals surface area contributed by atoms with E-state index in [4.69, 9.17) is 4.74 Å². The summed E-state index contributed by atoms with van der Waals surface area (Å²) in [7, 11) is 0. The van der Waals surface area contributed by atoms with Gasteiger partial charge in [0.15, 0.2) is 5.82 Å². The summed E-state index contributed by atoms with van der Waals surface area (Å²) in [5.41, 5.74) is -0.342. The highest BCUT2D eigenvalue weighted by Crippen LogP contribution is 2.40. The monoisotopic (exact) mass is 547 g/mol. The van der Waals surface area contributed by atoms with Gasteiger partial charge in [0.25, 0.3) is 0 Å². The minimum absolute atomic E-state index is 0.0487. The number of amides is 3. The molecule has 2 aromatic rings. The van der Waals surface area contributed by atoms with E-state index in [9.17, 15) is 27.6 Å². The molecule has 1 aromatic heterocycles. The van der Waals surface area contributed by atoms with Gasteiger partial charge in [0.1, 0.15) is 6.10 Å². The van der Waals surface area contributed by atoms with Crippen molar-refractivity contribution in [3.8, 4) is 0 Å². The molecule has 0 spiro atoms. The van der Waals surface area contributed by atoms with E-state index >= 15 is 0 Å². The van der Waals surface area contributed by atoms with Crippen LogP contribution < -0.4 is 15.5 Å². The zero-order valence-corrected chi connectivity index (χ0v) is 21.9. The maximum absolute atomic E-state index is 13.9. The van der Waals surface area contributed by atoms with Crippen molar-refractivity contribution in [1.29, 1.82) is 0 Å². The molecule has 3 aliphatic rings. The van der Waals surface area contributed by atoms with Gasteiger partial charge < -0.3 is 20.3 Å². The third kappa shape index (κ3) is 6.04. The summed E-state index contributed by atoms with van der Waals surface area (Å²) < 4.78 is 47.4. The minimum Gasteiger partial charge on any atom is -0.446 e. The predicted octanol–water partition coefficient (Wildman–Crippen LogP) is 5.21. The Morgan fingerprint density at radius 1 is 1.23 bits per heavy atom. The number of nitrogens with zero attached hydrogens (tertiary/aromatic N) is 2. The normalized spacial score (nSPS) is 23.0. The molecule has 9 nitrogen and oxygen atoms in total. The van der Waals surface area contributed by atoms with Gasteiger partial charge in [0.05, 0.1) is 11.5 Å². The van der Waals surface area contributed by atoms with Crippen molar-refractivity contribution in [3.05, 3.63) is 41.1 Å². The van der Waals surface area contributed by atoms with Crippen molar-refractivity contribution in [2.24, 2.45) is 0 Å². The van der Waals surface area contributed by atoms with Gasteiger partial charge in [-0.2, -0.15) is 18.3 Å². The molecular weight excluding hydrogens is 515 g/mol. The van der Waals surface area contributed by atoms with E-state index in [2.05, 4.69) is 20.8 Å². The Bertz CT molecular complexity index is 1270. The first-order valence-corrected chi connectivity index (χ1v) is 13.3. The number of aromatic nitrogens is 2. The van der Waals surface area contributed by atoms with E-state index in [1.165, 1.54) is 24.0 Å². The second-order valence-corrected chi connectivity index (χ2v) is 11.1. The average molecular weight is 548 g/mol. The first-order valence-electron chi connectivity index (χ1n) is 13.3. The van der Waals surface area contributed by atoms with Gasteiger partial charge in [-0.25, -0.2) is 4.79 Å². The van der Waals surface area contributed by atoms with Crippen LogP contribution in [0.3, 0.4) is 0 Å². The number of alkyl halides is 3. The summed E-state index contributed by atoms with van der Waals surface area (Å²) in [6, 6.07) is 5.32. The number of halogens is 3. The van der Waals surface area contributed by atoms with Gasteiger partial charge in [0.2, 0.25) is 11.8 Å². The summed E-state index contributed by atoms with van der Waals surface area (Å²) in [5, 5.41) is 12.5. The molecule has 1 saturated heterocycles. The van der Waals surface area contributed by atoms with Crippen LogP contribution in [0.15, 0.2) is 24.3 Å². The molecule has 2 saturated carbocycles. The van der Waals surface area contributed by atoms with Gasteiger partial charge in [-0.3, -0.25) is 14.7 Å². The van der Waals surface area contributed by atoms with Gasteiger partial charge in [-0.05, 0) is 70.1 Å². The quantitative estimate of drug-likeness (QED) is 0.440. The van der Waals surface area contributed by atoms with Crippen molar-refractivity contribution in [2.45, 2.75) is 88.4 Å². The number of nitrogens with one attached hydrogen (secondary N) is 3. The van der Waals surface area contributed by atoms with Crippen molar-refractivity contribution in [2.75, 3.05) is 16.8 Å². The Morgan fingerprint density at radius 2 is 2.00 bits per heavy atom. The molecule has 5 rings (SSSR count). The van der Waals surface area contributed by atoms with E-state index in [-0.39, 0.29) is 40.5 Å². The Labute approximate surface area is 223 Å². The Balaban J connectivity index is 1.22. The molecule has 1 aliphatic heterocycles. The van der Waals surface area contributed by atoms with Crippen LogP contribution in [0.25, 0.3) is 0 Å². The Morgan fingerprint density at radius 3 is 2.67 bits per heavy atom. The van der Waals surface area contributed by atoms with Crippen LogP contribution in [0.1, 0.15) is 87.4 Å². The van der Waals surface area contributed by atoms with Gasteiger partial charge in [0, 0.05) is 41.9 Å². The number of aromatic amines is 1. The molecule has 3 atom stereocenters. The number of rotatable bonds is 7.